The number of carbonyl (C=O) groups excluding carboxylic acids is 1. The average molecular weight is 808 g/mol. The first kappa shape index (κ1) is 40.1. The van der Waals surface area contributed by atoms with Crippen molar-refractivity contribution in [3.63, 3.8) is 0 Å². The van der Waals surface area contributed by atoms with Crippen molar-refractivity contribution in [2.24, 2.45) is 7.05 Å². The van der Waals surface area contributed by atoms with Gasteiger partial charge in [-0.25, -0.2) is 36.3 Å². The number of halogens is 3. The Morgan fingerprint density at radius 1 is 0.982 bits per heavy atom. The Labute approximate surface area is 326 Å². The van der Waals surface area contributed by atoms with Crippen LogP contribution in [0.3, 0.4) is 0 Å². The highest BCUT2D eigenvalue weighted by Gasteiger charge is 2.31. The van der Waals surface area contributed by atoms with Crippen molar-refractivity contribution in [1.29, 1.82) is 0 Å². The molecule has 0 aliphatic rings. The number of alkyl carbamates (subject to hydrolysis) is 1. The molecule has 0 saturated carbocycles. The van der Waals surface area contributed by atoms with Gasteiger partial charge < -0.3 is 14.8 Å². The third-order valence-corrected chi connectivity index (χ3v) is 10.2. The molecule has 3 aromatic heterocycles. The zero-order valence-electron chi connectivity index (χ0n) is 31.9. The molecule has 3 heterocycles. The molecule has 0 unspecified atom stereocenters. The summed E-state index contributed by atoms with van der Waals surface area (Å²) in [5.41, 5.74) is 0.846. The van der Waals surface area contributed by atoms with Crippen LogP contribution >= 0.6 is 11.6 Å². The van der Waals surface area contributed by atoms with Crippen LogP contribution in [0.4, 0.5) is 19.4 Å². The number of anilines is 1. The van der Waals surface area contributed by atoms with Crippen LogP contribution in [0.1, 0.15) is 55.0 Å². The first-order valence-electron chi connectivity index (χ1n) is 17.4. The van der Waals surface area contributed by atoms with Crippen LogP contribution in [0.15, 0.2) is 65.5 Å². The number of nitrogens with zero attached hydrogens (tertiary/aromatic N) is 6. The van der Waals surface area contributed by atoms with Gasteiger partial charge in [0, 0.05) is 25.2 Å². The number of ether oxygens (including phenoxy) is 2. The average Bonchev–Trinajstić information content (AvgIpc) is 3.42. The summed E-state index contributed by atoms with van der Waals surface area (Å²) in [5.74, 6) is -1.19. The van der Waals surface area contributed by atoms with Crippen molar-refractivity contribution < 1.29 is 31.5 Å². The summed E-state index contributed by atoms with van der Waals surface area (Å²) in [6.45, 7) is 8.37. The van der Waals surface area contributed by atoms with E-state index in [0.29, 0.717) is 22.6 Å². The molecule has 1 N–H and O–H groups in total. The first-order valence-corrected chi connectivity index (χ1v) is 19.6. The number of pyridine rings is 1. The largest absolute Gasteiger partial charge is 0.497 e. The number of aryl methyl sites for hydroxylation is 3. The lowest BCUT2D eigenvalue weighted by molar-refractivity contribution is 0.0500. The predicted molar refractivity (Wildman–Crippen MR) is 210 cm³/mol. The summed E-state index contributed by atoms with van der Waals surface area (Å²) in [7, 11) is -0.894. The molecule has 17 heteroatoms. The van der Waals surface area contributed by atoms with Crippen molar-refractivity contribution in [1.82, 2.24) is 29.6 Å². The van der Waals surface area contributed by atoms with Crippen molar-refractivity contribution in [3.8, 4) is 11.4 Å². The fourth-order valence-electron chi connectivity index (χ4n) is 6.56. The molecule has 13 nitrogen and oxygen atoms in total. The summed E-state index contributed by atoms with van der Waals surface area (Å²) >= 11 is 6.87. The molecule has 56 heavy (non-hydrogen) atoms. The van der Waals surface area contributed by atoms with Gasteiger partial charge in [0.25, 0.3) is 5.56 Å². The molecular weight excluding hydrogens is 768 g/mol. The van der Waals surface area contributed by atoms with Gasteiger partial charge in [0.15, 0.2) is 11.5 Å². The van der Waals surface area contributed by atoms with Crippen LogP contribution in [0, 0.1) is 25.5 Å². The van der Waals surface area contributed by atoms with Gasteiger partial charge in [-0.2, -0.15) is 5.10 Å². The molecule has 6 aromatic rings. The molecular formula is C39H40ClF2N7O6S. The van der Waals surface area contributed by atoms with Gasteiger partial charge in [-0.05, 0) is 93.8 Å². The number of methoxy groups -OCH3 is 1. The number of fused-ring (bicyclic) bond motifs is 2. The minimum Gasteiger partial charge on any atom is -0.497 e. The van der Waals surface area contributed by atoms with E-state index in [1.165, 1.54) is 22.4 Å². The second-order valence-corrected chi connectivity index (χ2v) is 16.7. The van der Waals surface area contributed by atoms with Crippen LogP contribution in [0.2, 0.25) is 5.02 Å². The molecule has 0 aliphatic heterocycles. The third kappa shape index (κ3) is 8.31. The van der Waals surface area contributed by atoms with Crippen molar-refractivity contribution >= 4 is 55.5 Å². The summed E-state index contributed by atoms with van der Waals surface area (Å²) in [5, 5.41) is 7.89. The van der Waals surface area contributed by atoms with Crippen LogP contribution in [0.25, 0.3) is 27.6 Å². The van der Waals surface area contributed by atoms with E-state index in [1.54, 1.807) is 78.1 Å². The highest BCUT2D eigenvalue weighted by molar-refractivity contribution is 7.92. The second kappa shape index (κ2) is 15.1. The molecule has 0 bridgehead atoms. The Balaban J connectivity index is 1.65. The van der Waals surface area contributed by atoms with E-state index in [1.807, 2.05) is 0 Å². The molecule has 294 valence electrons. The molecule has 1 amide bonds. The van der Waals surface area contributed by atoms with Gasteiger partial charge in [-0.1, -0.05) is 23.7 Å². The summed E-state index contributed by atoms with van der Waals surface area (Å²) in [4.78, 5) is 37.8. The highest BCUT2D eigenvalue weighted by atomic mass is 35.5. The number of benzene rings is 3. The van der Waals surface area contributed by atoms with Crippen LogP contribution in [0.5, 0.6) is 5.75 Å². The monoisotopic (exact) mass is 807 g/mol. The Kier molecular flexibility index (Phi) is 10.8. The van der Waals surface area contributed by atoms with Gasteiger partial charge >= 0.3 is 6.09 Å². The maximum Gasteiger partial charge on any atom is 0.408 e. The van der Waals surface area contributed by atoms with E-state index in [9.17, 15) is 26.8 Å². The highest BCUT2D eigenvalue weighted by Crippen LogP contribution is 2.38. The SMILES string of the molecule is COc1ccc(CN(c2nn(C)c3c(-n4c([C@H](Cc5cc(F)cc(F)c5)NC(=O)OC(C)(C)C)nc5nc(C)cc(C)c5c4=O)ccc(Cl)c23)S(C)(=O)=O)cc1. The van der Waals surface area contributed by atoms with E-state index < -0.39 is 45.0 Å². The van der Waals surface area contributed by atoms with E-state index in [2.05, 4.69) is 15.4 Å². The number of sulfonamides is 1. The quantitative estimate of drug-likeness (QED) is 0.154. The van der Waals surface area contributed by atoms with Crippen molar-refractivity contribution in [2.45, 2.75) is 59.2 Å². The molecule has 0 fully saturated rings. The maximum atomic E-state index is 14.9. The second-order valence-electron chi connectivity index (χ2n) is 14.4. The standard InChI is InChI=1S/C39H40ClF2N7O6S/c1-21-15-22(2)43-34-31(21)37(50)49(35(45-34)29(44-38(51)55-39(3,4)5)18-24-16-25(41)19-26(42)17-24)30-14-13-28(40)32-33(30)47(6)46-36(32)48(56(8,52)53)20-23-9-11-27(54-7)12-10-23/h9-17,19,29H,18,20H2,1-8H3,(H,44,51)/t29-/m0/s1. The molecule has 0 radical (unpaired) electrons. The normalized spacial score (nSPS) is 12.6. The van der Waals surface area contributed by atoms with Gasteiger partial charge in [0.1, 0.15) is 28.8 Å². The number of nitrogens with one attached hydrogen (secondary N) is 1. The zero-order valence-corrected chi connectivity index (χ0v) is 33.5. The lowest BCUT2D eigenvalue weighted by atomic mass is 10.0. The lowest BCUT2D eigenvalue weighted by Crippen LogP contribution is -2.39. The fraction of sp³-hybridized carbons (Fsp3) is 0.308. The Morgan fingerprint density at radius 3 is 2.25 bits per heavy atom. The minimum absolute atomic E-state index is 0.0110. The Hall–Kier alpha value is -5.61. The number of amides is 1. The Morgan fingerprint density at radius 2 is 1.64 bits per heavy atom. The number of carbonyl (C=O) groups is 1. The molecule has 0 spiro atoms. The van der Waals surface area contributed by atoms with E-state index >= 15 is 0 Å². The van der Waals surface area contributed by atoms with Crippen molar-refractivity contribution in [2.75, 3.05) is 17.7 Å². The van der Waals surface area contributed by atoms with Crippen LogP contribution in [-0.2, 0) is 34.8 Å². The minimum atomic E-state index is -3.99. The molecule has 1 atom stereocenters. The fourth-order valence-corrected chi connectivity index (χ4v) is 7.63. The van der Waals surface area contributed by atoms with E-state index in [0.717, 1.165) is 28.8 Å². The van der Waals surface area contributed by atoms with Crippen LogP contribution < -0.4 is 19.9 Å². The van der Waals surface area contributed by atoms with Gasteiger partial charge in [0.2, 0.25) is 10.0 Å². The van der Waals surface area contributed by atoms with Crippen molar-refractivity contribution in [3.05, 3.63) is 116 Å². The molecule has 6 rings (SSSR count). The third-order valence-electron chi connectivity index (χ3n) is 8.82. The van der Waals surface area contributed by atoms with E-state index in [-0.39, 0.29) is 62.8 Å². The van der Waals surface area contributed by atoms with Gasteiger partial charge in [-0.15, -0.1) is 0 Å². The summed E-state index contributed by atoms with van der Waals surface area (Å²) in [6.07, 6.45) is -0.0849. The van der Waals surface area contributed by atoms with Crippen LogP contribution in [-0.4, -0.2) is 57.8 Å². The number of aromatic nitrogens is 5. The lowest BCUT2D eigenvalue weighted by Gasteiger charge is -2.26. The first-order chi connectivity index (χ1) is 26.2. The zero-order chi connectivity index (χ0) is 40.9. The summed E-state index contributed by atoms with van der Waals surface area (Å²) in [6, 6.07) is 13.3. The Bertz CT molecular complexity index is 2660. The summed E-state index contributed by atoms with van der Waals surface area (Å²) < 4.78 is 70.6. The molecule has 0 aliphatic carbocycles. The van der Waals surface area contributed by atoms with Gasteiger partial charge in [-0.3, -0.25) is 14.0 Å². The molecule has 0 saturated heterocycles. The maximum absolute atomic E-state index is 14.9. The topological polar surface area (TPSA) is 151 Å². The van der Waals surface area contributed by atoms with E-state index in [4.69, 9.17) is 26.1 Å². The smallest absolute Gasteiger partial charge is 0.408 e. The molecule has 3 aromatic carbocycles. The van der Waals surface area contributed by atoms with Gasteiger partial charge in [0.05, 0.1) is 53.0 Å². The predicted octanol–water partition coefficient (Wildman–Crippen LogP) is 7.00. The number of hydrogen-bond donors (Lipinski definition) is 1. The number of hydrogen-bond acceptors (Lipinski definition) is 9. The number of rotatable bonds is 10.